The van der Waals surface area contributed by atoms with E-state index in [4.69, 9.17) is 21.1 Å². The van der Waals surface area contributed by atoms with Gasteiger partial charge in [-0.05, 0) is 62.7 Å². The predicted octanol–water partition coefficient (Wildman–Crippen LogP) is 6.05. The first kappa shape index (κ1) is 28.9. The van der Waals surface area contributed by atoms with E-state index in [1.807, 2.05) is 30.3 Å². The summed E-state index contributed by atoms with van der Waals surface area (Å²) >= 11 is 5.70. The van der Waals surface area contributed by atoms with Gasteiger partial charge in [-0.15, -0.1) is 0 Å². The Morgan fingerprint density at radius 2 is 1.85 bits per heavy atom. The molecule has 0 bridgehead atoms. The highest BCUT2D eigenvalue weighted by Gasteiger charge is 2.23. The first-order valence-corrected chi connectivity index (χ1v) is 13.5. The topological polar surface area (TPSA) is 54.9 Å². The Balaban J connectivity index is 1.32. The van der Waals surface area contributed by atoms with Gasteiger partial charge in [0.1, 0.15) is 24.5 Å². The second-order valence-electron chi connectivity index (χ2n) is 9.80. The second-order valence-corrected chi connectivity index (χ2v) is 10.2. The lowest BCUT2D eigenvalue weighted by Crippen LogP contribution is -2.40. The van der Waals surface area contributed by atoms with Crippen molar-refractivity contribution >= 4 is 23.6 Å². The number of pyridine rings is 1. The Morgan fingerprint density at radius 1 is 1.10 bits per heavy atom. The maximum Gasteiger partial charge on any atom is 0.213 e. The van der Waals surface area contributed by atoms with Crippen molar-refractivity contribution in [2.45, 2.75) is 32.3 Å². The average molecular weight is 558 g/mol. The van der Waals surface area contributed by atoms with E-state index in [2.05, 4.69) is 21.7 Å². The van der Waals surface area contributed by atoms with Crippen LogP contribution < -0.4 is 9.64 Å². The van der Waals surface area contributed by atoms with E-state index in [0.29, 0.717) is 18.1 Å². The number of nitrogens with zero attached hydrogens (tertiary/aromatic N) is 3. The van der Waals surface area contributed by atoms with E-state index < -0.39 is 11.6 Å². The van der Waals surface area contributed by atoms with Crippen LogP contribution in [-0.4, -0.2) is 62.6 Å². The molecule has 2 heterocycles. The third-order valence-corrected chi connectivity index (χ3v) is 7.40. The highest BCUT2D eigenvalue weighted by atomic mass is 35.5. The number of piperidine rings is 1. The number of carbonyl (C=O) groups is 1. The Morgan fingerprint density at radius 3 is 2.54 bits per heavy atom. The molecule has 1 saturated heterocycles. The number of anilines is 1. The van der Waals surface area contributed by atoms with Gasteiger partial charge in [-0.25, -0.2) is 13.8 Å². The van der Waals surface area contributed by atoms with Crippen LogP contribution in [0.25, 0.3) is 0 Å². The van der Waals surface area contributed by atoms with Crippen molar-refractivity contribution in [2.75, 3.05) is 51.3 Å². The third-order valence-electron chi connectivity index (χ3n) is 7.18. The van der Waals surface area contributed by atoms with Gasteiger partial charge in [0.15, 0.2) is 0 Å². The van der Waals surface area contributed by atoms with Crippen molar-refractivity contribution < 1.29 is 23.0 Å². The van der Waals surface area contributed by atoms with Crippen LogP contribution in [0, 0.1) is 18.6 Å². The Kier molecular flexibility index (Phi) is 10.3. The molecule has 0 amide bonds. The van der Waals surface area contributed by atoms with Gasteiger partial charge in [0.25, 0.3) is 0 Å². The summed E-state index contributed by atoms with van der Waals surface area (Å²) in [7, 11) is 1.69. The molecule has 0 N–H and O–H groups in total. The van der Waals surface area contributed by atoms with Crippen LogP contribution in [0.5, 0.6) is 5.88 Å². The van der Waals surface area contributed by atoms with Crippen molar-refractivity contribution in [3.63, 3.8) is 0 Å². The molecule has 0 unspecified atom stereocenters. The molecule has 0 atom stereocenters. The molecule has 39 heavy (non-hydrogen) atoms. The lowest BCUT2D eigenvalue weighted by molar-refractivity contribution is 0.112. The van der Waals surface area contributed by atoms with E-state index >= 15 is 0 Å². The number of carbonyl (C=O) groups excluding carboxylic acids is 1. The molecule has 3 aromatic rings. The molecule has 9 heteroatoms. The molecule has 0 radical (unpaired) electrons. The number of aryl methyl sites for hydroxylation is 1. The molecule has 1 aliphatic heterocycles. The average Bonchev–Trinajstić information content (AvgIpc) is 2.93. The van der Waals surface area contributed by atoms with Crippen LogP contribution in [0.1, 0.15) is 45.9 Å². The van der Waals surface area contributed by atoms with Gasteiger partial charge >= 0.3 is 0 Å². The number of likely N-dealkylation sites (tertiary alicyclic amines) is 1. The van der Waals surface area contributed by atoms with Crippen molar-refractivity contribution in [2.24, 2.45) is 0 Å². The molecule has 1 aromatic heterocycles. The number of methoxy groups -OCH3 is 1. The summed E-state index contributed by atoms with van der Waals surface area (Å²) in [6, 6.07) is 13.4. The van der Waals surface area contributed by atoms with E-state index in [-0.39, 0.29) is 23.1 Å². The molecule has 6 nitrogen and oxygen atoms in total. The number of ether oxygens (including phenoxy) is 2. The quantitative estimate of drug-likeness (QED) is 0.253. The summed E-state index contributed by atoms with van der Waals surface area (Å²) in [6.45, 7) is 6.74. The zero-order valence-electron chi connectivity index (χ0n) is 22.3. The molecule has 208 valence electrons. The number of hydrogen-bond donors (Lipinski definition) is 0. The monoisotopic (exact) mass is 557 g/mol. The largest absolute Gasteiger partial charge is 0.473 e. The van der Waals surface area contributed by atoms with E-state index in [1.165, 1.54) is 0 Å². The van der Waals surface area contributed by atoms with Gasteiger partial charge < -0.3 is 19.3 Å². The number of aldehydes is 1. The van der Waals surface area contributed by atoms with Crippen molar-refractivity contribution in [3.05, 3.63) is 87.6 Å². The summed E-state index contributed by atoms with van der Waals surface area (Å²) in [5.74, 6) is -0.859. The van der Waals surface area contributed by atoms with Crippen LogP contribution in [-0.2, 0) is 11.3 Å². The number of benzene rings is 2. The molecule has 2 aromatic carbocycles. The summed E-state index contributed by atoms with van der Waals surface area (Å²) in [5, 5.41) is 0.00474. The van der Waals surface area contributed by atoms with Crippen LogP contribution >= 0.6 is 11.6 Å². The third kappa shape index (κ3) is 7.75. The minimum absolute atomic E-state index is 0.00474. The van der Waals surface area contributed by atoms with Crippen LogP contribution in [0.3, 0.4) is 0 Å². The maximum absolute atomic E-state index is 14.1. The second kappa shape index (κ2) is 13.8. The van der Waals surface area contributed by atoms with Crippen LogP contribution in [0.2, 0.25) is 5.02 Å². The van der Waals surface area contributed by atoms with Gasteiger partial charge in [0.05, 0.1) is 12.2 Å². The van der Waals surface area contributed by atoms with Gasteiger partial charge in [-0.1, -0.05) is 29.8 Å². The predicted molar refractivity (Wildman–Crippen MR) is 149 cm³/mol. The summed E-state index contributed by atoms with van der Waals surface area (Å²) in [6.07, 6.45) is 2.79. The minimum atomic E-state index is -0.740. The maximum atomic E-state index is 14.1. The molecule has 0 aliphatic carbocycles. The number of hydrogen-bond acceptors (Lipinski definition) is 6. The lowest BCUT2D eigenvalue weighted by Gasteiger charge is -2.34. The first-order chi connectivity index (χ1) is 18.9. The summed E-state index contributed by atoms with van der Waals surface area (Å²) < 4.78 is 39.1. The smallest absolute Gasteiger partial charge is 0.213 e. The van der Waals surface area contributed by atoms with Crippen LogP contribution in [0.15, 0.2) is 48.5 Å². The fraction of sp³-hybridized carbons (Fsp3) is 0.400. The summed E-state index contributed by atoms with van der Waals surface area (Å²) in [4.78, 5) is 20.7. The molecule has 1 aliphatic rings. The Labute approximate surface area is 233 Å². The van der Waals surface area contributed by atoms with Gasteiger partial charge in [-0.3, -0.25) is 4.79 Å². The number of halogens is 3. The zero-order chi connectivity index (χ0) is 27.8. The van der Waals surface area contributed by atoms with Gasteiger partial charge in [0.2, 0.25) is 5.88 Å². The highest BCUT2D eigenvalue weighted by molar-refractivity contribution is 6.30. The molecule has 0 saturated carbocycles. The fourth-order valence-electron chi connectivity index (χ4n) is 4.90. The van der Waals surface area contributed by atoms with E-state index in [1.54, 1.807) is 13.2 Å². The Bertz CT molecular complexity index is 1240. The van der Waals surface area contributed by atoms with E-state index in [0.717, 1.165) is 80.9 Å². The van der Waals surface area contributed by atoms with Crippen molar-refractivity contribution in [1.82, 2.24) is 9.88 Å². The number of aromatic nitrogens is 1. The van der Waals surface area contributed by atoms with E-state index in [9.17, 15) is 13.6 Å². The number of rotatable bonds is 12. The molecule has 0 spiro atoms. The molecular formula is C30H34ClF2N3O3. The fourth-order valence-corrected chi connectivity index (χ4v) is 5.10. The lowest BCUT2D eigenvalue weighted by atomic mass is 9.93. The normalized spacial score (nSPS) is 14.4. The van der Waals surface area contributed by atoms with Gasteiger partial charge in [0, 0.05) is 60.7 Å². The van der Waals surface area contributed by atoms with Crippen molar-refractivity contribution in [1.29, 1.82) is 0 Å². The van der Waals surface area contributed by atoms with Crippen LogP contribution in [0.4, 0.5) is 14.5 Å². The zero-order valence-corrected chi connectivity index (χ0v) is 23.1. The molecule has 4 rings (SSSR count). The SMILES string of the molecule is COCCN(CCN1CCC(c2cccc(OCc3c(F)cc(Cl)cc3F)n2)CC1)c1cc(C=O)ccc1C. The first-order valence-electron chi connectivity index (χ1n) is 13.1. The van der Waals surface area contributed by atoms with Crippen molar-refractivity contribution in [3.8, 4) is 5.88 Å². The standard InChI is InChI=1S/C30H34ClF2N3O3/c1-21-6-7-22(19-37)16-29(21)36(14-15-38-2)13-12-35-10-8-23(9-11-35)28-4-3-5-30(34-28)39-20-25-26(32)17-24(31)18-27(25)33/h3-7,16-19,23H,8-15,20H2,1-2H3. The highest BCUT2D eigenvalue weighted by Crippen LogP contribution is 2.29. The minimum Gasteiger partial charge on any atom is -0.473 e. The van der Waals surface area contributed by atoms with Gasteiger partial charge in [-0.2, -0.15) is 0 Å². The molecule has 1 fully saturated rings. The molecular weight excluding hydrogens is 524 g/mol. The Hall–Kier alpha value is -3.07. The summed E-state index contributed by atoms with van der Waals surface area (Å²) in [5.41, 5.74) is 3.61.